The lowest BCUT2D eigenvalue weighted by atomic mass is 10.1. The number of carbonyl (C=O) groups is 1. The van der Waals surface area contributed by atoms with Gasteiger partial charge >= 0.3 is 0 Å². The highest BCUT2D eigenvalue weighted by Gasteiger charge is 2.32. The Hall–Kier alpha value is -3.80. The highest BCUT2D eigenvalue weighted by atomic mass is 16.5. The molecule has 3 heterocycles. The number of hydrogen-bond acceptors (Lipinski definition) is 4. The topological polar surface area (TPSA) is 56.1 Å². The largest absolute Gasteiger partial charge is 0.493 e. The summed E-state index contributed by atoms with van der Waals surface area (Å²) in [6.45, 7) is 2.49. The number of ether oxygens (including phenoxy) is 2. The molecule has 0 spiro atoms. The zero-order valence-corrected chi connectivity index (χ0v) is 23.5. The van der Waals surface area contributed by atoms with Crippen molar-refractivity contribution in [3.8, 4) is 11.5 Å². The number of aliphatic imine (C=N–C) groups is 1. The summed E-state index contributed by atoms with van der Waals surface area (Å²) >= 11 is 0. The molecule has 6 heteroatoms. The summed E-state index contributed by atoms with van der Waals surface area (Å²) in [6.07, 6.45) is 12.3. The summed E-state index contributed by atoms with van der Waals surface area (Å²) in [5, 5.41) is 2.70. The van der Waals surface area contributed by atoms with E-state index >= 15 is 0 Å². The molecule has 1 fully saturated rings. The summed E-state index contributed by atoms with van der Waals surface area (Å²) in [6, 6.07) is 21.3. The van der Waals surface area contributed by atoms with Gasteiger partial charge in [-0.05, 0) is 43.9 Å². The first kappa shape index (κ1) is 26.4. The van der Waals surface area contributed by atoms with Crippen molar-refractivity contribution < 1.29 is 14.3 Å². The Kier molecular flexibility index (Phi) is 8.03. The molecule has 0 N–H and O–H groups in total. The molecule has 40 heavy (non-hydrogen) atoms. The van der Waals surface area contributed by atoms with E-state index in [0.29, 0.717) is 29.4 Å². The molecule has 0 unspecified atom stereocenters. The molecule has 2 aliphatic heterocycles. The average Bonchev–Trinajstić information content (AvgIpc) is 3.56. The van der Waals surface area contributed by atoms with Crippen LogP contribution in [0.25, 0.3) is 21.8 Å². The Balaban J connectivity index is 0.929. The van der Waals surface area contributed by atoms with Gasteiger partial charge in [0.25, 0.3) is 5.91 Å². The third kappa shape index (κ3) is 5.32. The number of nitrogens with zero attached hydrogens (tertiary/aromatic N) is 3. The number of rotatable bonds is 12. The number of benzene rings is 3. The van der Waals surface area contributed by atoms with Crippen molar-refractivity contribution in [2.45, 2.75) is 70.4 Å². The lowest BCUT2D eigenvalue weighted by Gasteiger charge is -2.20. The first-order valence-electron chi connectivity index (χ1n) is 14.9. The zero-order valence-electron chi connectivity index (χ0n) is 23.5. The molecule has 1 saturated heterocycles. The summed E-state index contributed by atoms with van der Waals surface area (Å²) in [5.74, 6) is 1.30. The van der Waals surface area contributed by atoms with Gasteiger partial charge in [0.2, 0.25) is 0 Å². The van der Waals surface area contributed by atoms with Crippen LogP contribution in [-0.4, -0.2) is 47.9 Å². The van der Waals surface area contributed by atoms with Crippen molar-refractivity contribution in [1.29, 1.82) is 0 Å². The van der Waals surface area contributed by atoms with E-state index in [-0.39, 0.29) is 11.9 Å². The summed E-state index contributed by atoms with van der Waals surface area (Å²) < 4.78 is 14.2. The molecule has 0 radical (unpaired) electrons. The Morgan fingerprint density at radius 3 is 2.25 bits per heavy atom. The van der Waals surface area contributed by atoms with Gasteiger partial charge in [-0.15, -0.1) is 0 Å². The van der Waals surface area contributed by atoms with Gasteiger partial charge in [0, 0.05) is 47.2 Å². The summed E-state index contributed by atoms with van der Waals surface area (Å²) in [5.41, 5.74) is 3.96. The lowest BCUT2D eigenvalue weighted by Crippen LogP contribution is -2.35. The number of para-hydroxylation sites is 2. The van der Waals surface area contributed by atoms with Gasteiger partial charge in [-0.3, -0.25) is 9.79 Å². The molecule has 0 bridgehead atoms. The van der Waals surface area contributed by atoms with Crippen LogP contribution < -0.4 is 9.47 Å². The summed E-state index contributed by atoms with van der Waals surface area (Å²) in [7, 11) is 1.62. The van der Waals surface area contributed by atoms with Crippen LogP contribution in [0.3, 0.4) is 0 Å². The molecule has 6 nitrogen and oxygen atoms in total. The van der Waals surface area contributed by atoms with Crippen LogP contribution in [0.2, 0.25) is 0 Å². The second kappa shape index (κ2) is 12.2. The monoisotopic (exact) mass is 537 g/mol. The number of aryl methyl sites for hydroxylation is 1. The number of unbranched alkanes of at least 4 members (excludes halogenated alkanes) is 6. The van der Waals surface area contributed by atoms with E-state index in [1.165, 1.54) is 53.9 Å². The predicted octanol–water partition coefficient (Wildman–Crippen LogP) is 7.93. The molecule has 2 aliphatic rings. The van der Waals surface area contributed by atoms with Gasteiger partial charge < -0.3 is 18.9 Å². The molecule has 208 valence electrons. The lowest BCUT2D eigenvalue weighted by molar-refractivity contribution is 0.0774. The van der Waals surface area contributed by atoms with Crippen molar-refractivity contribution in [2.24, 2.45) is 4.99 Å². The van der Waals surface area contributed by atoms with Crippen LogP contribution in [0.1, 0.15) is 68.1 Å². The molecule has 0 aliphatic carbocycles. The van der Waals surface area contributed by atoms with Gasteiger partial charge in [0.1, 0.15) is 0 Å². The molecule has 0 saturated carbocycles. The van der Waals surface area contributed by atoms with Gasteiger partial charge in [-0.25, -0.2) is 0 Å². The second-order valence-electron chi connectivity index (χ2n) is 11.0. The van der Waals surface area contributed by atoms with Crippen LogP contribution in [0, 0.1) is 0 Å². The molecule has 1 amide bonds. The maximum Gasteiger partial charge on any atom is 0.256 e. The molecular weight excluding hydrogens is 498 g/mol. The summed E-state index contributed by atoms with van der Waals surface area (Å²) in [4.78, 5) is 19.6. The average molecular weight is 538 g/mol. The molecular formula is C34H39N3O3. The Morgan fingerprint density at radius 1 is 0.850 bits per heavy atom. The number of hydrogen-bond donors (Lipinski definition) is 0. The maximum atomic E-state index is 13.0. The SMILES string of the molecule is COc1cc2c(cc1OCCCCCCCCCn1c3ccccc3c3ccccc31)N=C[C@@H]1CCCN1C2=O. The highest BCUT2D eigenvalue weighted by molar-refractivity contribution is 6.08. The van der Waals surface area contributed by atoms with Crippen LogP contribution in [0.5, 0.6) is 11.5 Å². The normalized spacial score (nSPS) is 16.4. The van der Waals surface area contributed by atoms with Crippen LogP contribution in [-0.2, 0) is 6.54 Å². The Labute approximate surface area is 236 Å². The van der Waals surface area contributed by atoms with Gasteiger partial charge in [0.05, 0.1) is 31.0 Å². The molecule has 6 rings (SSSR count). The van der Waals surface area contributed by atoms with Crippen molar-refractivity contribution in [3.05, 3.63) is 66.2 Å². The van der Waals surface area contributed by atoms with Gasteiger partial charge in [-0.2, -0.15) is 0 Å². The minimum atomic E-state index is 0.0370. The van der Waals surface area contributed by atoms with E-state index in [0.717, 1.165) is 38.8 Å². The Bertz CT molecular complexity index is 1470. The predicted molar refractivity (Wildman–Crippen MR) is 162 cm³/mol. The molecule has 4 aromatic rings. The minimum Gasteiger partial charge on any atom is -0.493 e. The van der Waals surface area contributed by atoms with Crippen LogP contribution >= 0.6 is 0 Å². The highest BCUT2D eigenvalue weighted by Crippen LogP contribution is 2.38. The van der Waals surface area contributed by atoms with Crippen LogP contribution in [0.4, 0.5) is 5.69 Å². The van der Waals surface area contributed by atoms with E-state index in [1.807, 2.05) is 17.2 Å². The van der Waals surface area contributed by atoms with Gasteiger partial charge in [0.15, 0.2) is 11.5 Å². The van der Waals surface area contributed by atoms with Crippen molar-refractivity contribution in [2.75, 3.05) is 20.3 Å². The third-order valence-electron chi connectivity index (χ3n) is 8.42. The van der Waals surface area contributed by atoms with Gasteiger partial charge in [-0.1, -0.05) is 68.5 Å². The smallest absolute Gasteiger partial charge is 0.256 e. The van der Waals surface area contributed by atoms with E-state index in [9.17, 15) is 4.79 Å². The van der Waals surface area contributed by atoms with Crippen molar-refractivity contribution >= 4 is 39.6 Å². The zero-order chi connectivity index (χ0) is 27.3. The number of amides is 1. The Morgan fingerprint density at radius 2 is 1.52 bits per heavy atom. The second-order valence-corrected chi connectivity index (χ2v) is 11.0. The van der Waals surface area contributed by atoms with E-state index in [2.05, 4.69) is 58.1 Å². The van der Waals surface area contributed by atoms with Crippen LogP contribution in [0.15, 0.2) is 65.7 Å². The van der Waals surface area contributed by atoms with E-state index in [4.69, 9.17) is 9.47 Å². The van der Waals surface area contributed by atoms with Crippen molar-refractivity contribution in [1.82, 2.24) is 9.47 Å². The number of carbonyl (C=O) groups excluding carboxylic acids is 1. The molecule has 1 atom stereocenters. The first-order chi connectivity index (χ1) is 19.7. The fourth-order valence-electron chi connectivity index (χ4n) is 6.30. The number of fused-ring (bicyclic) bond motifs is 5. The number of methoxy groups -OCH3 is 1. The quantitative estimate of drug-likeness (QED) is 0.172. The number of aromatic nitrogens is 1. The fourth-order valence-corrected chi connectivity index (χ4v) is 6.30. The van der Waals surface area contributed by atoms with E-state index in [1.54, 1.807) is 13.2 Å². The maximum absolute atomic E-state index is 13.0. The molecule has 3 aromatic carbocycles. The standard InChI is InChI=1S/C34H39N3O3/c1-39-32-22-28-29(35-24-25-14-13-20-36(25)34(28)38)23-33(32)40-21-12-6-4-2-3-5-11-19-37-30-17-9-7-15-26(30)27-16-8-10-18-31(27)37/h7-10,15-18,22-25H,2-6,11-14,19-21H2,1H3/t25-/m0/s1. The van der Waals surface area contributed by atoms with E-state index < -0.39 is 0 Å². The minimum absolute atomic E-state index is 0.0370. The van der Waals surface area contributed by atoms with Crippen molar-refractivity contribution in [3.63, 3.8) is 0 Å². The fraction of sp³-hybridized carbons (Fsp3) is 0.412. The first-order valence-corrected chi connectivity index (χ1v) is 14.9. The third-order valence-corrected chi connectivity index (χ3v) is 8.42. The molecule has 1 aromatic heterocycles.